The molecule has 0 saturated carbocycles. The molecule has 0 fully saturated rings. The summed E-state index contributed by atoms with van der Waals surface area (Å²) >= 11 is 6.31. The fourth-order valence-electron chi connectivity index (χ4n) is 3.03. The van der Waals surface area contributed by atoms with Crippen molar-refractivity contribution in [2.45, 2.75) is 13.0 Å². The van der Waals surface area contributed by atoms with E-state index in [1.165, 1.54) is 0 Å². The number of hydrogen-bond acceptors (Lipinski definition) is 4. The molecule has 0 aliphatic carbocycles. The minimum atomic E-state index is 0.154. The maximum Gasteiger partial charge on any atom is 0.144 e. The van der Waals surface area contributed by atoms with Gasteiger partial charge in [0.2, 0.25) is 0 Å². The van der Waals surface area contributed by atoms with E-state index in [1.54, 1.807) is 7.11 Å². The van der Waals surface area contributed by atoms with Crippen LogP contribution in [-0.2, 0) is 0 Å². The predicted molar refractivity (Wildman–Crippen MR) is 94.9 cm³/mol. The Bertz CT molecular complexity index is 733. The van der Waals surface area contributed by atoms with Crippen LogP contribution in [0.1, 0.15) is 5.56 Å². The zero-order valence-corrected chi connectivity index (χ0v) is 14.4. The van der Waals surface area contributed by atoms with Crippen molar-refractivity contribution in [1.82, 2.24) is 0 Å². The summed E-state index contributed by atoms with van der Waals surface area (Å²) in [6, 6.07) is 10.0. The zero-order chi connectivity index (χ0) is 16.6. The average molecular weight is 333 g/mol. The number of halogens is 1. The van der Waals surface area contributed by atoms with Gasteiger partial charge in [-0.3, -0.25) is 0 Å². The van der Waals surface area contributed by atoms with Gasteiger partial charge in [-0.25, -0.2) is 0 Å². The van der Waals surface area contributed by atoms with E-state index in [2.05, 4.69) is 24.9 Å². The first-order valence-corrected chi connectivity index (χ1v) is 7.97. The maximum atomic E-state index is 6.31. The zero-order valence-electron chi connectivity index (χ0n) is 13.6. The number of nitrogens with two attached hydrogens (primary N) is 1. The minimum absolute atomic E-state index is 0.154. The second-order valence-electron chi connectivity index (χ2n) is 5.79. The van der Waals surface area contributed by atoms with Crippen LogP contribution in [0.2, 0.25) is 5.02 Å². The van der Waals surface area contributed by atoms with E-state index < -0.39 is 0 Å². The Morgan fingerprint density at radius 3 is 2.74 bits per heavy atom. The van der Waals surface area contributed by atoms with Crippen LogP contribution in [0.5, 0.6) is 11.5 Å². The Kier molecular flexibility index (Phi) is 4.37. The molecular weight excluding hydrogens is 312 g/mol. The smallest absolute Gasteiger partial charge is 0.144 e. The molecule has 0 spiro atoms. The van der Waals surface area contributed by atoms with Gasteiger partial charge >= 0.3 is 0 Å². The van der Waals surface area contributed by atoms with Crippen molar-refractivity contribution in [3.05, 3.63) is 40.9 Å². The number of nitrogens with zero attached hydrogens (tertiary/aromatic N) is 1. The summed E-state index contributed by atoms with van der Waals surface area (Å²) in [6.45, 7) is 3.18. The van der Waals surface area contributed by atoms with E-state index in [0.29, 0.717) is 18.2 Å². The fourth-order valence-corrected chi connectivity index (χ4v) is 3.23. The first kappa shape index (κ1) is 16.0. The summed E-state index contributed by atoms with van der Waals surface area (Å²) in [6.07, 6.45) is 0. The second-order valence-corrected chi connectivity index (χ2v) is 6.23. The Morgan fingerprint density at radius 1 is 1.30 bits per heavy atom. The molecule has 3 rings (SSSR count). The van der Waals surface area contributed by atoms with Crippen LogP contribution < -0.4 is 20.1 Å². The molecule has 0 amide bonds. The van der Waals surface area contributed by atoms with Gasteiger partial charge in [-0.2, -0.15) is 0 Å². The molecular formula is C18H21ClN2O2. The van der Waals surface area contributed by atoms with Crippen molar-refractivity contribution in [2.75, 3.05) is 32.2 Å². The van der Waals surface area contributed by atoms with Gasteiger partial charge in [0.25, 0.3) is 0 Å². The monoisotopic (exact) mass is 332 g/mol. The van der Waals surface area contributed by atoms with Gasteiger partial charge in [-0.1, -0.05) is 17.7 Å². The first-order valence-electron chi connectivity index (χ1n) is 7.59. The van der Waals surface area contributed by atoms with E-state index in [0.717, 1.165) is 33.9 Å². The molecule has 0 saturated heterocycles. The van der Waals surface area contributed by atoms with Crippen molar-refractivity contribution in [1.29, 1.82) is 0 Å². The van der Waals surface area contributed by atoms with Gasteiger partial charge < -0.3 is 20.1 Å². The quantitative estimate of drug-likeness (QED) is 0.934. The largest absolute Gasteiger partial charge is 0.497 e. The highest BCUT2D eigenvalue weighted by Gasteiger charge is 2.27. The molecule has 1 heterocycles. The lowest BCUT2D eigenvalue weighted by Crippen LogP contribution is -2.45. The molecule has 1 atom stereocenters. The Hall–Kier alpha value is -1.91. The number of methoxy groups -OCH3 is 1. The standard InChI is InChI=1S/C18H21ClN2O2/c1-11-6-14(22-3)4-5-15(11)16-7-12(19)8-17-18(16)21(2)13(9-20)10-23-17/h4-8,13H,9-10,20H2,1-3H3/t13-/m1/s1. The first-order chi connectivity index (χ1) is 11.0. The molecule has 0 radical (unpaired) electrons. The number of likely N-dealkylation sites (N-methyl/N-ethyl adjacent to an activating group) is 1. The van der Waals surface area contributed by atoms with Gasteiger partial charge in [0.15, 0.2) is 0 Å². The Balaban J connectivity index is 2.18. The van der Waals surface area contributed by atoms with Crippen molar-refractivity contribution >= 4 is 17.3 Å². The van der Waals surface area contributed by atoms with Crippen molar-refractivity contribution in [2.24, 2.45) is 5.73 Å². The van der Waals surface area contributed by atoms with E-state index in [4.69, 9.17) is 26.8 Å². The van der Waals surface area contributed by atoms with Crippen LogP contribution >= 0.6 is 11.6 Å². The van der Waals surface area contributed by atoms with Gasteiger partial charge in [0.1, 0.15) is 18.1 Å². The number of benzene rings is 2. The third kappa shape index (κ3) is 2.84. The van der Waals surface area contributed by atoms with E-state index in [1.807, 2.05) is 24.3 Å². The van der Waals surface area contributed by atoms with Crippen LogP contribution in [0, 0.1) is 6.92 Å². The van der Waals surface area contributed by atoms with Gasteiger partial charge in [-0.05, 0) is 36.2 Å². The summed E-state index contributed by atoms with van der Waals surface area (Å²) in [5.41, 5.74) is 10.2. The molecule has 0 unspecified atom stereocenters. The number of fused-ring (bicyclic) bond motifs is 1. The SMILES string of the molecule is COc1ccc(-c2cc(Cl)cc3c2N(C)[C@H](CN)CO3)c(C)c1. The van der Waals surface area contributed by atoms with Gasteiger partial charge in [-0.15, -0.1) is 0 Å². The number of rotatable bonds is 3. The average Bonchev–Trinajstić information content (AvgIpc) is 2.54. The van der Waals surface area contributed by atoms with Crippen LogP contribution in [0.25, 0.3) is 11.1 Å². The Labute approximate surface area is 141 Å². The molecule has 2 aromatic rings. The molecule has 0 aromatic heterocycles. The third-order valence-corrected chi connectivity index (χ3v) is 4.59. The number of anilines is 1. The lowest BCUT2D eigenvalue weighted by molar-refractivity contribution is 0.269. The maximum absolute atomic E-state index is 6.31. The molecule has 0 bridgehead atoms. The number of aryl methyl sites for hydroxylation is 1. The van der Waals surface area contributed by atoms with E-state index in [9.17, 15) is 0 Å². The topological polar surface area (TPSA) is 47.7 Å². The predicted octanol–water partition coefficient (Wildman–Crippen LogP) is 3.48. The second kappa shape index (κ2) is 6.30. The molecule has 1 aliphatic heterocycles. The van der Waals surface area contributed by atoms with E-state index >= 15 is 0 Å². The summed E-state index contributed by atoms with van der Waals surface area (Å²) in [5.74, 6) is 1.64. The number of ether oxygens (including phenoxy) is 2. The molecule has 5 heteroatoms. The highest BCUT2D eigenvalue weighted by molar-refractivity contribution is 6.31. The summed E-state index contributed by atoms with van der Waals surface area (Å²) in [7, 11) is 3.72. The highest BCUT2D eigenvalue weighted by Crippen LogP contribution is 2.44. The normalized spacial score (nSPS) is 16.7. The van der Waals surface area contributed by atoms with Crippen LogP contribution in [0.4, 0.5) is 5.69 Å². The lowest BCUT2D eigenvalue weighted by Gasteiger charge is -2.37. The van der Waals surface area contributed by atoms with Gasteiger partial charge in [0.05, 0.1) is 18.8 Å². The van der Waals surface area contributed by atoms with Crippen molar-refractivity contribution in [3.8, 4) is 22.6 Å². The summed E-state index contributed by atoms with van der Waals surface area (Å²) in [5, 5.41) is 0.661. The van der Waals surface area contributed by atoms with Gasteiger partial charge in [0, 0.05) is 30.2 Å². The molecule has 1 aliphatic rings. The van der Waals surface area contributed by atoms with Crippen molar-refractivity contribution < 1.29 is 9.47 Å². The number of hydrogen-bond donors (Lipinski definition) is 1. The summed E-state index contributed by atoms with van der Waals surface area (Å²) in [4.78, 5) is 2.19. The summed E-state index contributed by atoms with van der Waals surface area (Å²) < 4.78 is 11.2. The molecule has 2 N–H and O–H groups in total. The van der Waals surface area contributed by atoms with Crippen LogP contribution in [0.3, 0.4) is 0 Å². The lowest BCUT2D eigenvalue weighted by atomic mass is 9.96. The fraction of sp³-hybridized carbons (Fsp3) is 0.333. The van der Waals surface area contributed by atoms with Crippen LogP contribution in [-0.4, -0.2) is 33.4 Å². The van der Waals surface area contributed by atoms with Crippen LogP contribution in [0.15, 0.2) is 30.3 Å². The highest BCUT2D eigenvalue weighted by atomic mass is 35.5. The van der Waals surface area contributed by atoms with Crippen molar-refractivity contribution in [3.63, 3.8) is 0 Å². The molecule has 2 aromatic carbocycles. The molecule has 23 heavy (non-hydrogen) atoms. The minimum Gasteiger partial charge on any atom is -0.497 e. The molecule has 122 valence electrons. The molecule has 4 nitrogen and oxygen atoms in total. The Morgan fingerprint density at radius 2 is 2.09 bits per heavy atom. The third-order valence-electron chi connectivity index (χ3n) is 4.37. The van der Waals surface area contributed by atoms with E-state index in [-0.39, 0.29) is 6.04 Å².